The Balaban J connectivity index is 2.08. The smallest absolute Gasteiger partial charge is 0.337 e. The normalized spacial score (nSPS) is 14.7. The molecule has 1 aromatic carbocycles. The fourth-order valence-corrected chi connectivity index (χ4v) is 2.12. The third-order valence-corrected chi connectivity index (χ3v) is 3.50. The minimum Gasteiger partial charge on any atom is -0.478 e. The predicted molar refractivity (Wildman–Crippen MR) is 77.4 cm³/mol. The molecule has 0 radical (unpaired) electrons. The molecule has 0 atom stereocenters. The van der Waals surface area contributed by atoms with Crippen LogP contribution in [0.3, 0.4) is 0 Å². The van der Waals surface area contributed by atoms with Crippen LogP contribution in [0.25, 0.3) is 0 Å². The second kappa shape index (κ2) is 5.96. The van der Waals surface area contributed by atoms with Gasteiger partial charge in [-0.15, -0.1) is 0 Å². The fraction of sp³-hybridized carbons (Fsp3) is 0.286. The maximum atomic E-state index is 12.0. The number of nitrogens with zero attached hydrogens (tertiary/aromatic N) is 1. The summed E-state index contributed by atoms with van der Waals surface area (Å²) in [5, 5.41) is 11.8. The molecule has 1 aromatic rings. The molecule has 0 bridgehead atoms. The van der Waals surface area contributed by atoms with E-state index in [1.54, 1.807) is 11.0 Å². The fourth-order valence-electron chi connectivity index (χ4n) is 1.92. The molecule has 0 spiro atoms. The van der Waals surface area contributed by atoms with Crippen molar-refractivity contribution in [3.05, 3.63) is 40.4 Å². The first-order valence-electron chi connectivity index (χ1n) is 6.22. The maximum Gasteiger partial charge on any atom is 0.337 e. The Morgan fingerprint density at radius 2 is 2.15 bits per heavy atom. The number of nitrogens with one attached hydrogen (secondary N) is 1. The molecule has 106 valence electrons. The molecule has 1 heterocycles. The van der Waals surface area contributed by atoms with E-state index in [0.29, 0.717) is 18.8 Å². The van der Waals surface area contributed by atoms with Crippen LogP contribution in [0.1, 0.15) is 23.7 Å². The molecule has 20 heavy (non-hydrogen) atoms. The van der Waals surface area contributed by atoms with Crippen LogP contribution in [-0.4, -0.2) is 35.1 Å². The topological polar surface area (TPSA) is 69.6 Å². The van der Waals surface area contributed by atoms with Crippen LogP contribution >= 0.6 is 11.6 Å². The minimum absolute atomic E-state index is 0.0288. The first-order valence-corrected chi connectivity index (χ1v) is 6.59. The Kier molecular flexibility index (Phi) is 4.29. The maximum absolute atomic E-state index is 12.0. The summed E-state index contributed by atoms with van der Waals surface area (Å²) in [7, 11) is 0. The molecule has 0 unspecified atom stereocenters. The summed E-state index contributed by atoms with van der Waals surface area (Å²) in [5.74, 6) is -1.12. The Morgan fingerprint density at radius 3 is 2.75 bits per heavy atom. The molecule has 0 saturated carbocycles. The van der Waals surface area contributed by atoms with Crippen LogP contribution in [0.5, 0.6) is 0 Å². The lowest BCUT2D eigenvalue weighted by molar-refractivity contribution is 0.0697. The van der Waals surface area contributed by atoms with Gasteiger partial charge in [0.15, 0.2) is 0 Å². The van der Waals surface area contributed by atoms with Crippen molar-refractivity contribution in [3.8, 4) is 0 Å². The molecular formula is C14H15ClN2O3. The lowest BCUT2D eigenvalue weighted by Gasteiger charge is -2.25. The van der Waals surface area contributed by atoms with Gasteiger partial charge < -0.3 is 15.3 Å². The van der Waals surface area contributed by atoms with Crippen molar-refractivity contribution in [1.29, 1.82) is 0 Å². The Labute approximate surface area is 121 Å². The molecule has 0 aromatic heterocycles. The van der Waals surface area contributed by atoms with Crippen LogP contribution in [-0.2, 0) is 0 Å². The van der Waals surface area contributed by atoms with Gasteiger partial charge in [-0.2, -0.15) is 0 Å². The Bertz CT molecular complexity index is 584. The number of urea groups is 1. The predicted octanol–water partition coefficient (Wildman–Crippen LogP) is 3.22. The second-order valence-electron chi connectivity index (χ2n) is 4.68. The zero-order valence-corrected chi connectivity index (χ0v) is 11.8. The van der Waals surface area contributed by atoms with Crippen LogP contribution in [0.15, 0.2) is 29.8 Å². The summed E-state index contributed by atoms with van der Waals surface area (Å²) in [6.07, 6.45) is 2.86. The number of carbonyl (C=O) groups excluding carboxylic acids is 1. The number of hydrogen-bond acceptors (Lipinski definition) is 2. The summed E-state index contributed by atoms with van der Waals surface area (Å²) in [6.45, 7) is 3.26. The molecule has 2 amide bonds. The van der Waals surface area contributed by atoms with Gasteiger partial charge in [0, 0.05) is 18.8 Å². The van der Waals surface area contributed by atoms with Gasteiger partial charge in [-0.05, 0) is 31.5 Å². The van der Waals surface area contributed by atoms with Crippen molar-refractivity contribution in [1.82, 2.24) is 4.90 Å². The Morgan fingerprint density at radius 1 is 1.40 bits per heavy atom. The highest BCUT2D eigenvalue weighted by atomic mass is 35.5. The van der Waals surface area contributed by atoms with Gasteiger partial charge in [0.2, 0.25) is 0 Å². The first-order chi connectivity index (χ1) is 9.47. The van der Waals surface area contributed by atoms with E-state index >= 15 is 0 Å². The van der Waals surface area contributed by atoms with Crippen molar-refractivity contribution in [2.24, 2.45) is 0 Å². The van der Waals surface area contributed by atoms with Crippen molar-refractivity contribution < 1.29 is 14.7 Å². The SMILES string of the molecule is CC1=CCN(C(=O)Nc2ccc(Cl)c(C(=O)O)c2)CC1. The van der Waals surface area contributed by atoms with E-state index in [4.69, 9.17) is 16.7 Å². The molecule has 0 saturated heterocycles. The highest BCUT2D eigenvalue weighted by Crippen LogP contribution is 2.21. The molecule has 0 fully saturated rings. The number of halogens is 1. The zero-order valence-electron chi connectivity index (χ0n) is 11.0. The highest BCUT2D eigenvalue weighted by molar-refractivity contribution is 6.33. The highest BCUT2D eigenvalue weighted by Gasteiger charge is 2.17. The lowest BCUT2D eigenvalue weighted by Crippen LogP contribution is -2.37. The summed E-state index contributed by atoms with van der Waals surface area (Å²) >= 11 is 5.78. The summed E-state index contributed by atoms with van der Waals surface area (Å²) in [6, 6.07) is 4.15. The molecule has 0 aliphatic carbocycles. The van der Waals surface area contributed by atoms with Crippen LogP contribution in [0.2, 0.25) is 5.02 Å². The molecule has 2 N–H and O–H groups in total. The summed E-state index contributed by atoms with van der Waals surface area (Å²) in [5.41, 5.74) is 1.66. The van der Waals surface area contributed by atoms with Crippen molar-refractivity contribution >= 4 is 29.3 Å². The lowest BCUT2D eigenvalue weighted by atomic mass is 10.1. The first kappa shape index (κ1) is 14.4. The number of aromatic carboxylic acids is 1. The molecule has 2 rings (SSSR count). The largest absolute Gasteiger partial charge is 0.478 e. The number of rotatable bonds is 2. The van der Waals surface area contributed by atoms with E-state index in [1.165, 1.54) is 17.7 Å². The van der Waals surface area contributed by atoms with Crippen molar-refractivity contribution in [2.75, 3.05) is 18.4 Å². The standard InChI is InChI=1S/C14H15ClN2O3/c1-9-4-6-17(7-5-9)14(20)16-10-2-3-12(15)11(8-10)13(18)19/h2-4,8H,5-7H2,1H3,(H,16,20)(H,18,19). The molecule has 1 aliphatic rings. The second-order valence-corrected chi connectivity index (χ2v) is 5.08. The molecule has 1 aliphatic heterocycles. The van der Waals surface area contributed by atoms with Crippen LogP contribution in [0, 0.1) is 0 Å². The third-order valence-electron chi connectivity index (χ3n) is 3.17. The number of anilines is 1. The van der Waals surface area contributed by atoms with E-state index in [-0.39, 0.29) is 16.6 Å². The number of carboxylic acid groups (broad SMARTS) is 1. The number of carbonyl (C=O) groups is 2. The van der Waals surface area contributed by atoms with E-state index in [9.17, 15) is 9.59 Å². The van der Waals surface area contributed by atoms with Gasteiger partial charge in [0.1, 0.15) is 0 Å². The van der Waals surface area contributed by atoms with E-state index in [1.807, 2.05) is 13.0 Å². The molecule has 5 nitrogen and oxygen atoms in total. The van der Waals surface area contributed by atoms with Gasteiger partial charge in [-0.25, -0.2) is 9.59 Å². The third kappa shape index (κ3) is 3.30. The summed E-state index contributed by atoms with van der Waals surface area (Å²) in [4.78, 5) is 24.7. The number of hydrogen-bond donors (Lipinski definition) is 2. The minimum atomic E-state index is -1.12. The zero-order chi connectivity index (χ0) is 14.7. The average molecular weight is 295 g/mol. The van der Waals surface area contributed by atoms with Crippen LogP contribution in [0.4, 0.5) is 10.5 Å². The monoisotopic (exact) mass is 294 g/mol. The Hall–Kier alpha value is -2.01. The van der Waals surface area contributed by atoms with E-state index in [0.717, 1.165) is 6.42 Å². The van der Waals surface area contributed by atoms with Gasteiger partial charge in [-0.3, -0.25) is 0 Å². The number of benzene rings is 1. The summed E-state index contributed by atoms with van der Waals surface area (Å²) < 4.78 is 0. The van der Waals surface area contributed by atoms with Crippen molar-refractivity contribution in [3.63, 3.8) is 0 Å². The van der Waals surface area contributed by atoms with E-state index in [2.05, 4.69) is 5.32 Å². The van der Waals surface area contributed by atoms with Gasteiger partial charge in [0.05, 0.1) is 10.6 Å². The van der Waals surface area contributed by atoms with Gasteiger partial charge >= 0.3 is 12.0 Å². The van der Waals surface area contributed by atoms with E-state index < -0.39 is 5.97 Å². The average Bonchev–Trinajstić information content (AvgIpc) is 2.41. The molecule has 6 heteroatoms. The van der Waals surface area contributed by atoms with Gasteiger partial charge in [-0.1, -0.05) is 23.3 Å². The molecular weight excluding hydrogens is 280 g/mol. The number of amides is 2. The van der Waals surface area contributed by atoms with Crippen LogP contribution < -0.4 is 5.32 Å². The van der Waals surface area contributed by atoms with Gasteiger partial charge in [0.25, 0.3) is 0 Å². The quantitative estimate of drug-likeness (QED) is 0.823. The van der Waals surface area contributed by atoms with Crippen molar-refractivity contribution in [2.45, 2.75) is 13.3 Å². The number of carboxylic acids is 1.